The molecule has 6 heteroatoms. The maximum Gasteiger partial charge on any atom is 0.325 e. The number of benzene rings is 2. The Labute approximate surface area is 195 Å². The highest BCUT2D eigenvalue weighted by molar-refractivity contribution is 6.09. The Morgan fingerprint density at radius 2 is 1.61 bits per heavy atom. The van der Waals surface area contributed by atoms with Crippen molar-refractivity contribution in [3.8, 4) is 0 Å². The number of urea groups is 1. The van der Waals surface area contributed by atoms with Crippen molar-refractivity contribution in [2.75, 3.05) is 13.1 Å². The predicted molar refractivity (Wildman–Crippen MR) is 128 cm³/mol. The van der Waals surface area contributed by atoms with Gasteiger partial charge < -0.3 is 10.6 Å². The van der Waals surface area contributed by atoms with E-state index in [0.29, 0.717) is 25.3 Å². The molecule has 6 nitrogen and oxygen atoms in total. The van der Waals surface area contributed by atoms with Crippen molar-refractivity contribution < 1.29 is 14.4 Å². The molecule has 2 atom stereocenters. The molecule has 2 N–H and O–H groups in total. The molecule has 33 heavy (non-hydrogen) atoms. The SMILES string of the molecule is CC1CC(C)(C)CC2(C1)NC(=O)N(CC(=O)NCC(c1ccccc1)c1ccccc1)C2=O. The third-order valence-electron chi connectivity index (χ3n) is 6.83. The van der Waals surface area contributed by atoms with Gasteiger partial charge in [0.1, 0.15) is 12.1 Å². The standard InChI is InChI=1S/C27H33N3O3/c1-19-14-26(2,3)18-27(15-19)24(32)30(25(33)29-27)17-23(31)28-16-22(20-10-6-4-7-11-20)21-12-8-5-9-13-21/h4-13,19,22H,14-18H2,1-3H3,(H,28,31)(H,29,33). The summed E-state index contributed by atoms with van der Waals surface area (Å²) in [5.74, 6) is -0.310. The average Bonchev–Trinajstić information content (AvgIpc) is 2.97. The van der Waals surface area contributed by atoms with E-state index in [9.17, 15) is 14.4 Å². The number of imide groups is 1. The zero-order chi connectivity index (χ0) is 23.6. The lowest BCUT2D eigenvalue weighted by Gasteiger charge is -2.43. The molecular formula is C27H33N3O3. The van der Waals surface area contributed by atoms with Crippen LogP contribution in [0.25, 0.3) is 0 Å². The van der Waals surface area contributed by atoms with Crippen LogP contribution in [-0.4, -0.2) is 41.4 Å². The summed E-state index contributed by atoms with van der Waals surface area (Å²) in [6.07, 6.45) is 2.22. The van der Waals surface area contributed by atoms with Crippen LogP contribution in [0.3, 0.4) is 0 Å². The summed E-state index contributed by atoms with van der Waals surface area (Å²) in [6, 6.07) is 19.5. The van der Waals surface area contributed by atoms with Crippen LogP contribution in [0.5, 0.6) is 0 Å². The second-order valence-electron chi connectivity index (χ2n) is 10.4. The molecule has 1 heterocycles. The van der Waals surface area contributed by atoms with E-state index >= 15 is 0 Å². The second-order valence-corrected chi connectivity index (χ2v) is 10.4. The van der Waals surface area contributed by atoms with E-state index in [0.717, 1.165) is 22.4 Å². The number of carbonyl (C=O) groups is 3. The first-order chi connectivity index (χ1) is 15.7. The molecule has 1 aliphatic carbocycles. The van der Waals surface area contributed by atoms with Crippen molar-refractivity contribution in [3.05, 3.63) is 71.8 Å². The van der Waals surface area contributed by atoms with Crippen molar-refractivity contribution in [3.63, 3.8) is 0 Å². The van der Waals surface area contributed by atoms with Crippen LogP contribution >= 0.6 is 0 Å². The van der Waals surface area contributed by atoms with E-state index < -0.39 is 11.6 Å². The normalized spacial score (nSPS) is 24.2. The topological polar surface area (TPSA) is 78.5 Å². The van der Waals surface area contributed by atoms with Crippen LogP contribution < -0.4 is 10.6 Å². The fourth-order valence-electron chi connectivity index (χ4n) is 5.86. The number of nitrogens with one attached hydrogen (secondary N) is 2. The van der Waals surface area contributed by atoms with E-state index in [4.69, 9.17) is 0 Å². The number of hydrogen-bond acceptors (Lipinski definition) is 3. The van der Waals surface area contributed by atoms with E-state index in [-0.39, 0.29) is 29.7 Å². The summed E-state index contributed by atoms with van der Waals surface area (Å²) < 4.78 is 0. The molecule has 2 aromatic rings. The molecule has 1 saturated heterocycles. The molecule has 1 aliphatic heterocycles. The van der Waals surface area contributed by atoms with Gasteiger partial charge in [0.15, 0.2) is 0 Å². The monoisotopic (exact) mass is 447 g/mol. The van der Waals surface area contributed by atoms with Crippen LogP contribution in [0.4, 0.5) is 4.79 Å². The van der Waals surface area contributed by atoms with E-state index in [1.54, 1.807) is 0 Å². The Morgan fingerprint density at radius 1 is 1.03 bits per heavy atom. The van der Waals surface area contributed by atoms with E-state index in [1.165, 1.54) is 0 Å². The summed E-state index contributed by atoms with van der Waals surface area (Å²) in [7, 11) is 0. The summed E-state index contributed by atoms with van der Waals surface area (Å²) >= 11 is 0. The van der Waals surface area contributed by atoms with Gasteiger partial charge in [-0.25, -0.2) is 4.79 Å². The molecule has 0 aromatic heterocycles. The molecule has 0 bridgehead atoms. The van der Waals surface area contributed by atoms with Gasteiger partial charge in [0.25, 0.3) is 5.91 Å². The number of amides is 4. The van der Waals surface area contributed by atoms with E-state index in [1.807, 2.05) is 60.7 Å². The number of hydrogen-bond donors (Lipinski definition) is 2. The average molecular weight is 448 g/mol. The minimum absolute atomic E-state index is 0.0224. The molecule has 174 valence electrons. The molecule has 2 aromatic carbocycles. The van der Waals surface area contributed by atoms with Crippen LogP contribution in [0.15, 0.2) is 60.7 Å². The maximum absolute atomic E-state index is 13.3. The van der Waals surface area contributed by atoms with Gasteiger partial charge in [-0.05, 0) is 41.7 Å². The van der Waals surface area contributed by atoms with Crippen molar-refractivity contribution >= 4 is 17.8 Å². The van der Waals surface area contributed by atoms with Crippen molar-refractivity contribution in [1.29, 1.82) is 0 Å². The number of rotatable bonds is 6. The van der Waals surface area contributed by atoms with Crippen molar-refractivity contribution in [1.82, 2.24) is 15.5 Å². The van der Waals surface area contributed by atoms with Gasteiger partial charge in [0.05, 0.1) is 0 Å². The zero-order valence-electron chi connectivity index (χ0n) is 19.6. The first-order valence-corrected chi connectivity index (χ1v) is 11.7. The highest BCUT2D eigenvalue weighted by Crippen LogP contribution is 2.46. The Balaban J connectivity index is 1.44. The largest absolute Gasteiger partial charge is 0.354 e. The smallest absolute Gasteiger partial charge is 0.325 e. The van der Waals surface area contributed by atoms with Gasteiger partial charge in [-0.2, -0.15) is 0 Å². The van der Waals surface area contributed by atoms with Gasteiger partial charge in [-0.15, -0.1) is 0 Å². The lowest BCUT2D eigenvalue weighted by molar-refractivity contribution is -0.137. The lowest BCUT2D eigenvalue weighted by Crippen LogP contribution is -2.54. The van der Waals surface area contributed by atoms with Crippen molar-refractivity contribution in [2.24, 2.45) is 11.3 Å². The first-order valence-electron chi connectivity index (χ1n) is 11.7. The minimum atomic E-state index is -0.894. The van der Waals surface area contributed by atoms with Crippen molar-refractivity contribution in [2.45, 2.75) is 51.5 Å². The Morgan fingerprint density at radius 3 is 2.15 bits per heavy atom. The van der Waals surface area contributed by atoms with Crippen LogP contribution in [0, 0.1) is 11.3 Å². The molecule has 1 spiro atoms. The van der Waals surface area contributed by atoms with Crippen LogP contribution in [0.2, 0.25) is 0 Å². The van der Waals surface area contributed by atoms with Gasteiger partial charge in [0.2, 0.25) is 5.91 Å². The van der Waals surface area contributed by atoms with Crippen LogP contribution in [-0.2, 0) is 9.59 Å². The molecule has 4 rings (SSSR count). The highest BCUT2D eigenvalue weighted by atomic mass is 16.2. The van der Waals surface area contributed by atoms with Gasteiger partial charge >= 0.3 is 6.03 Å². The zero-order valence-corrected chi connectivity index (χ0v) is 19.6. The molecule has 2 fully saturated rings. The second kappa shape index (κ2) is 9.00. The molecule has 0 radical (unpaired) electrons. The summed E-state index contributed by atoms with van der Waals surface area (Å²) in [5, 5.41) is 5.89. The van der Waals surface area contributed by atoms with Gasteiger partial charge in [-0.3, -0.25) is 14.5 Å². The molecule has 2 unspecified atom stereocenters. The summed E-state index contributed by atoms with van der Waals surface area (Å²) in [5.41, 5.74) is 1.25. The third-order valence-corrected chi connectivity index (χ3v) is 6.83. The lowest BCUT2D eigenvalue weighted by atomic mass is 9.64. The Hall–Kier alpha value is -3.15. The van der Waals surface area contributed by atoms with Gasteiger partial charge in [-0.1, -0.05) is 81.4 Å². The van der Waals surface area contributed by atoms with Gasteiger partial charge in [0, 0.05) is 12.5 Å². The Bertz CT molecular complexity index is 982. The third kappa shape index (κ3) is 4.95. The first kappa shape index (κ1) is 23.0. The fraction of sp³-hybridized carbons (Fsp3) is 0.444. The molecule has 2 aliphatic rings. The number of carbonyl (C=O) groups excluding carboxylic acids is 3. The quantitative estimate of drug-likeness (QED) is 0.655. The minimum Gasteiger partial charge on any atom is -0.354 e. The summed E-state index contributed by atoms with van der Waals surface area (Å²) in [4.78, 5) is 39.9. The Kier molecular flexibility index (Phi) is 6.28. The van der Waals surface area contributed by atoms with Crippen LogP contribution in [0.1, 0.15) is 57.1 Å². The molecule has 4 amide bonds. The predicted octanol–water partition coefficient (Wildman–Crippen LogP) is 4.07. The molecule has 1 saturated carbocycles. The molecular weight excluding hydrogens is 414 g/mol. The highest BCUT2D eigenvalue weighted by Gasteiger charge is 2.56. The number of nitrogens with zero attached hydrogens (tertiary/aromatic N) is 1. The fourth-order valence-corrected chi connectivity index (χ4v) is 5.86. The van der Waals surface area contributed by atoms with E-state index in [2.05, 4.69) is 31.4 Å². The summed E-state index contributed by atoms with van der Waals surface area (Å²) in [6.45, 7) is 6.49. The maximum atomic E-state index is 13.3.